The van der Waals surface area contributed by atoms with E-state index in [0.717, 1.165) is 6.04 Å². The van der Waals surface area contributed by atoms with Crippen molar-refractivity contribution < 1.29 is 0 Å². The van der Waals surface area contributed by atoms with Gasteiger partial charge in [-0.05, 0) is 39.5 Å². The van der Waals surface area contributed by atoms with Crippen molar-refractivity contribution in [3.8, 4) is 0 Å². The summed E-state index contributed by atoms with van der Waals surface area (Å²) in [7, 11) is 0. The zero-order valence-electron chi connectivity index (χ0n) is 10.9. The number of aryl methyl sites for hydroxylation is 2. The molecular formula is C13H22N2S. The van der Waals surface area contributed by atoms with Crippen LogP contribution >= 0.6 is 11.3 Å². The summed E-state index contributed by atoms with van der Waals surface area (Å²) in [5.74, 6) is 0.568. The lowest BCUT2D eigenvalue weighted by molar-refractivity contribution is 0.261. The summed E-state index contributed by atoms with van der Waals surface area (Å²) in [6.07, 6.45) is 2.65. The number of hydrogen-bond acceptors (Lipinski definition) is 3. The Balaban J connectivity index is 2.29. The van der Waals surface area contributed by atoms with E-state index in [1.54, 1.807) is 0 Å². The molecule has 1 fully saturated rings. The molecule has 0 spiro atoms. The Morgan fingerprint density at radius 3 is 2.38 bits per heavy atom. The van der Waals surface area contributed by atoms with E-state index in [2.05, 4.69) is 39.9 Å². The van der Waals surface area contributed by atoms with Gasteiger partial charge in [-0.25, -0.2) is 4.98 Å². The SMILES string of the molecule is Cc1nc(C(C)(NC2CC2)C(C)C)sc1C. The van der Waals surface area contributed by atoms with E-state index in [1.807, 2.05) is 11.3 Å². The fourth-order valence-electron chi connectivity index (χ4n) is 1.82. The largest absolute Gasteiger partial charge is 0.303 e. The van der Waals surface area contributed by atoms with Gasteiger partial charge >= 0.3 is 0 Å². The second-order valence-electron chi connectivity index (χ2n) is 5.44. The smallest absolute Gasteiger partial charge is 0.113 e. The maximum atomic E-state index is 4.74. The normalized spacial score (nSPS) is 20.1. The number of nitrogens with zero attached hydrogens (tertiary/aromatic N) is 1. The van der Waals surface area contributed by atoms with Gasteiger partial charge in [0.25, 0.3) is 0 Å². The van der Waals surface area contributed by atoms with E-state index in [-0.39, 0.29) is 5.54 Å². The summed E-state index contributed by atoms with van der Waals surface area (Å²) in [6.45, 7) is 11.1. The molecule has 0 amide bonds. The van der Waals surface area contributed by atoms with Crippen molar-refractivity contribution in [2.24, 2.45) is 5.92 Å². The molecule has 1 heterocycles. The molecular weight excluding hydrogens is 216 g/mol. The first-order valence-electron chi connectivity index (χ1n) is 6.15. The maximum Gasteiger partial charge on any atom is 0.113 e. The van der Waals surface area contributed by atoms with Crippen LogP contribution in [-0.4, -0.2) is 11.0 Å². The van der Waals surface area contributed by atoms with Crippen LogP contribution < -0.4 is 5.32 Å². The van der Waals surface area contributed by atoms with E-state index < -0.39 is 0 Å². The third-order valence-corrected chi connectivity index (χ3v) is 5.02. The molecule has 1 aromatic heterocycles. The van der Waals surface area contributed by atoms with Crippen LogP contribution in [0.25, 0.3) is 0 Å². The molecule has 0 bridgehead atoms. The molecule has 0 aromatic carbocycles. The molecule has 1 saturated carbocycles. The number of thiazole rings is 1. The van der Waals surface area contributed by atoms with Crippen LogP contribution in [0.5, 0.6) is 0 Å². The van der Waals surface area contributed by atoms with Gasteiger partial charge in [-0.15, -0.1) is 11.3 Å². The third kappa shape index (κ3) is 2.16. The van der Waals surface area contributed by atoms with Gasteiger partial charge < -0.3 is 5.32 Å². The monoisotopic (exact) mass is 238 g/mol. The molecule has 1 atom stereocenters. The number of aromatic nitrogens is 1. The molecule has 16 heavy (non-hydrogen) atoms. The molecule has 0 saturated heterocycles. The third-order valence-electron chi connectivity index (χ3n) is 3.71. The van der Waals surface area contributed by atoms with E-state index >= 15 is 0 Å². The number of hydrogen-bond donors (Lipinski definition) is 1. The minimum atomic E-state index is 0.0465. The molecule has 1 aliphatic carbocycles. The summed E-state index contributed by atoms with van der Waals surface area (Å²) in [5.41, 5.74) is 1.23. The first-order valence-corrected chi connectivity index (χ1v) is 6.97. The Hall–Kier alpha value is -0.410. The topological polar surface area (TPSA) is 24.9 Å². The molecule has 0 radical (unpaired) electrons. The molecule has 1 N–H and O–H groups in total. The fourth-order valence-corrected chi connectivity index (χ4v) is 2.99. The highest BCUT2D eigenvalue weighted by Gasteiger charge is 2.38. The Labute approximate surface area is 102 Å². The first kappa shape index (κ1) is 12.1. The van der Waals surface area contributed by atoms with Gasteiger partial charge in [0.2, 0.25) is 0 Å². The average molecular weight is 238 g/mol. The van der Waals surface area contributed by atoms with E-state index in [4.69, 9.17) is 4.98 Å². The van der Waals surface area contributed by atoms with Gasteiger partial charge in [0.15, 0.2) is 0 Å². The van der Waals surface area contributed by atoms with E-state index in [0.29, 0.717) is 5.92 Å². The summed E-state index contributed by atoms with van der Waals surface area (Å²) in [6, 6.07) is 0.719. The number of nitrogens with one attached hydrogen (secondary N) is 1. The molecule has 1 aliphatic rings. The lowest BCUT2D eigenvalue weighted by Gasteiger charge is -2.33. The van der Waals surface area contributed by atoms with Crippen LogP contribution in [0.2, 0.25) is 0 Å². The average Bonchev–Trinajstić information content (AvgIpc) is 2.93. The highest BCUT2D eigenvalue weighted by Crippen LogP contribution is 2.36. The van der Waals surface area contributed by atoms with Crippen molar-refractivity contribution >= 4 is 11.3 Å². The van der Waals surface area contributed by atoms with Crippen LogP contribution in [-0.2, 0) is 5.54 Å². The summed E-state index contributed by atoms with van der Waals surface area (Å²) < 4.78 is 0. The Kier molecular flexibility index (Phi) is 3.10. The fraction of sp³-hybridized carbons (Fsp3) is 0.769. The Bertz CT molecular complexity index is 360. The van der Waals surface area contributed by atoms with Crippen molar-refractivity contribution in [3.63, 3.8) is 0 Å². The van der Waals surface area contributed by atoms with Gasteiger partial charge in [-0.3, -0.25) is 0 Å². The standard InChI is InChI=1S/C13H22N2S/c1-8(2)13(5,15-11-6-7-11)12-14-9(3)10(4)16-12/h8,11,15H,6-7H2,1-5H3. The van der Waals surface area contributed by atoms with Crippen molar-refractivity contribution in [3.05, 3.63) is 15.6 Å². The van der Waals surface area contributed by atoms with Crippen LogP contribution in [0.3, 0.4) is 0 Å². The molecule has 1 unspecified atom stereocenters. The minimum Gasteiger partial charge on any atom is -0.303 e. The van der Waals surface area contributed by atoms with Crippen molar-refractivity contribution in [2.45, 2.75) is 59.0 Å². The van der Waals surface area contributed by atoms with E-state index in [1.165, 1.54) is 28.4 Å². The highest BCUT2D eigenvalue weighted by atomic mass is 32.1. The maximum absolute atomic E-state index is 4.74. The van der Waals surface area contributed by atoms with Crippen LogP contribution in [0.1, 0.15) is 49.2 Å². The highest BCUT2D eigenvalue weighted by molar-refractivity contribution is 7.11. The van der Waals surface area contributed by atoms with Crippen molar-refractivity contribution in [1.29, 1.82) is 0 Å². The summed E-state index contributed by atoms with van der Waals surface area (Å²) in [4.78, 5) is 6.09. The van der Waals surface area contributed by atoms with E-state index in [9.17, 15) is 0 Å². The molecule has 3 heteroatoms. The van der Waals surface area contributed by atoms with Crippen LogP contribution in [0.4, 0.5) is 0 Å². The second kappa shape index (κ2) is 4.11. The summed E-state index contributed by atoms with van der Waals surface area (Å²) >= 11 is 1.85. The predicted molar refractivity (Wildman–Crippen MR) is 69.9 cm³/mol. The van der Waals surface area contributed by atoms with Gasteiger partial charge in [0.05, 0.1) is 11.2 Å². The quantitative estimate of drug-likeness (QED) is 0.870. The van der Waals surface area contributed by atoms with Gasteiger partial charge in [-0.2, -0.15) is 0 Å². The molecule has 0 aliphatic heterocycles. The second-order valence-corrected chi connectivity index (χ2v) is 6.64. The zero-order valence-corrected chi connectivity index (χ0v) is 11.7. The molecule has 1 aromatic rings. The first-order chi connectivity index (χ1) is 7.43. The van der Waals surface area contributed by atoms with Crippen LogP contribution in [0.15, 0.2) is 0 Å². The van der Waals surface area contributed by atoms with Crippen molar-refractivity contribution in [2.75, 3.05) is 0 Å². The lowest BCUT2D eigenvalue weighted by atomic mass is 9.89. The van der Waals surface area contributed by atoms with Crippen molar-refractivity contribution in [1.82, 2.24) is 10.3 Å². The Morgan fingerprint density at radius 2 is 2.00 bits per heavy atom. The number of rotatable bonds is 4. The molecule has 2 nitrogen and oxygen atoms in total. The zero-order chi connectivity index (χ0) is 11.9. The Morgan fingerprint density at radius 1 is 1.38 bits per heavy atom. The lowest BCUT2D eigenvalue weighted by Crippen LogP contribution is -2.45. The predicted octanol–water partition coefficient (Wildman–Crippen LogP) is 3.38. The van der Waals surface area contributed by atoms with Gasteiger partial charge in [0.1, 0.15) is 5.01 Å². The molecule has 2 rings (SSSR count). The summed E-state index contributed by atoms with van der Waals surface area (Å²) in [5, 5.41) is 5.03. The van der Waals surface area contributed by atoms with Crippen LogP contribution in [0, 0.1) is 19.8 Å². The molecule has 90 valence electrons. The van der Waals surface area contributed by atoms with Gasteiger partial charge in [0, 0.05) is 10.9 Å². The van der Waals surface area contributed by atoms with Gasteiger partial charge in [-0.1, -0.05) is 13.8 Å². The minimum absolute atomic E-state index is 0.0465.